The minimum atomic E-state index is 0. The van der Waals surface area contributed by atoms with Gasteiger partial charge >= 0.3 is 0 Å². The van der Waals surface area contributed by atoms with Gasteiger partial charge in [-0.3, -0.25) is 0 Å². The number of hydrogen-bond donors (Lipinski definition) is 0. The molecule has 2 aromatic rings. The van der Waals surface area contributed by atoms with Gasteiger partial charge in [-0.1, -0.05) is 12.1 Å². The second-order valence-corrected chi connectivity index (χ2v) is 3.91. The molecule has 0 aliphatic heterocycles. The van der Waals surface area contributed by atoms with Crippen molar-refractivity contribution in [2.24, 2.45) is 0 Å². The summed E-state index contributed by atoms with van der Waals surface area (Å²) < 4.78 is 7.39. The van der Waals surface area contributed by atoms with Crippen molar-refractivity contribution < 1.29 is 4.74 Å². The van der Waals surface area contributed by atoms with Gasteiger partial charge in [-0.2, -0.15) is 0 Å². The normalized spacial score (nSPS) is 10.8. The molecule has 88 valence electrons. The molecule has 2 rings (SSSR count). The molecule has 1 heterocycles. The minimum Gasteiger partial charge on any atom is -0.377 e. The number of halogens is 1. The zero-order valence-corrected chi connectivity index (χ0v) is 10.6. The lowest BCUT2D eigenvalue weighted by Crippen LogP contribution is -2.06. The molecule has 0 saturated carbocycles. The molecule has 0 aliphatic rings. The van der Waals surface area contributed by atoms with Crippen LogP contribution < -0.4 is 0 Å². The van der Waals surface area contributed by atoms with Gasteiger partial charge in [0.25, 0.3) is 0 Å². The Morgan fingerprint density at radius 1 is 1.31 bits per heavy atom. The van der Waals surface area contributed by atoms with E-state index in [1.807, 2.05) is 18.2 Å². The number of aromatic nitrogens is 2. The quantitative estimate of drug-likeness (QED) is 0.824. The highest BCUT2D eigenvalue weighted by atomic mass is 35.5. The molecule has 0 N–H and O–H groups in total. The van der Waals surface area contributed by atoms with Crippen LogP contribution in [0.25, 0.3) is 11.0 Å². The summed E-state index contributed by atoms with van der Waals surface area (Å²) in [5.41, 5.74) is 2.22. The van der Waals surface area contributed by atoms with Crippen LogP contribution in [0.15, 0.2) is 24.3 Å². The molecular formula is C12H17ClN2O. The van der Waals surface area contributed by atoms with Crippen molar-refractivity contribution in [3.8, 4) is 0 Å². The van der Waals surface area contributed by atoms with Gasteiger partial charge < -0.3 is 9.30 Å². The van der Waals surface area contributed by atoms with Crippen LogP contribution in [0.5, 0.6) is 0 Å². The topological polar surface area (TPSA) is 27.1 Å². The summed E-state index contributed by atoms with van der Waals surface area (Å²) in [6.45, 7) is 4.88. The molecule has 3 nitrogen and oxygen atoms in total. The molecule has 0 unspecified atom stereocenters. The second kappa shape index (κ2) is 5.32. The molecule has 4 heteroatoms. The predicted molar refractivity (Wildman–Crippen MR) is 68.1 cm³/mol. The minimum absolute atomic E-state index is 0. The highest BCUT2D eigenvalue weighted by Gasteiger charge is 2.11. The number of fused-ring (bicyclic) bond motifs is 1. The Bertz CT molecular complexity index is 465. The van der Waals surface area contributed by atoms with Gasteiger partial charge in [-0.25, -0.2) is 4.98 Å². The molecule has 16 heavy (non-hydrogen) atoms. The maximum Gasteiger partial charge on any atom is 0.136 e. The second-order valence-electron chi connectivity index (χ2n) is 3.91. The van der Waals surface area contributed by atoms with Crippen molar-refractivity contribution in [1.29, 1.82) is 0 Å². The van der Waals surface area contributed by atoms with Gasteiger partial charge in [0.2, 0.25) is 0 Å². The number of benzene rings is 1. The van der Waals surface area contributed by atoms with E-state index in [-0.39, 0.29) is 12.4 Å². The number of hydrogen-bond acceptors (Lipinski definition) is 2. The van der Waals surface area contributed by atoms with Gasteiger partial charge in [0.05, 0.1) is 11.0 Å². The van der Waals surface area contributed by atoms with E-state index in [9.17, 15) is 0 Å². The number of ether oxygens (including phenoxy) is 1. The average Bonchev–Trinajstić information content (AvgIpc) is 2.56. The van der Waals surface area contributed by atoms with E-state index in [0.717, 1.165) is 11.3 Å². The fraction of sp³-hybridized carbons (Fsp3) is 0.417. The number of imidazole rings is 1. The third-order valence-corrected chi connectivity index (χ3v) is 2.46. The molecular weight excluding hydrogens is 224 g/mol. The van der Waals surface area contributed by atoms with Crippen LogP contribution in [0.4, 0.5) is 0 Å². The zero-order valence-electron chi connectivity index (χ0n) is 9.80. The van der Waals surface area contributed by atoms with E-state index >= 15 is 0 Å². The van der Waals surface area contributed by atoms with Crippen LogP contribution in [-0.2, 0) is 11.3 Å². The lowest BCUT2D eigenvalue weighted by Gasteiger charge is -2.12. The highest BCUT2D eigenvalue weighted by Crippen LogP contribution is 2.20. The first-order chi connectivity index (χ1) is 7.24. The molecule has 0 radical (unpaired) electrons. The van der Waals surface area contributed by atoms with E-state index in [2.05, 4.69) is 29.5 Å². The van der Waals surface area contributed by atoms with Gasteiger partial charge in [0.15, 0.2) is 0 Å². The SMILES string of the molecule is COCc1nc2ccccc2n1C(C)C.Cl. The number of methoxy groups -OCH3 is 1. The zero-order chi connectivity index (χ0) is 10.8. The summed E-state index contributed by atoms with van der Waals surface area (Å²) in [7, 11) is 1.70. The molecule has 0 aliphatic carbocycles. The maximum absolute atomic E-state index is 5.16. The maximum atomic E-state index is 5.16. The fourth-order valence-electron chi connectivity index (χ4n) is 1.90. The standard InChI is InChI=1S/C12H16N2O.ClH/c1-9(2)14-11-7-5-4-6-10(11)13-12(14)8-15-3;/h4-7,9H,8H2,1-3H3;1H. The van der Waals surface area contributed by atoms with Crippen molar-refractivity contribution in [2.45, 2.75) is 26.5 Å². The third-order valence-electron chi connectivity index (χ3n) is 2.46. The first-order valence-electron chi connectivity index (χ1n) is 5.19. The molecule has 0 bridgehead atoms. The molecule has 0 saturated heterocycles. The van der Waals surface area contributed by atoms with Crippen molar-refractivity contribution >= 4 is 23.4 Å². The Morgan fingerprint density at radius 2 is 2.00 bits per heavy atom. The molecule has 1 aromatic heterocycles. The Morgan fingerprint density at radius 3 is 2.62 bits per heavy atom. The van der Waals surface area contributed by atoms with Crippen LogP contribution in [-0.4, -0.2) is 16.7 Å². The molecule has 0 amide bonds. The molecule has 0 spiro atoms. The molecule has 1 aromatic carbocycles. The number of para-hydroxylation sites is 2. The van der Waals surface area contributed by atoms with Crippen LogP contribution in [0.1, 0.15) is 25.7 Å². The van der Waals surface area contributed by atoms with Crippen LogP contribution in [0.2, 0.25) is 0 Å². The lowest BCUT2D eigenvalue weighted by atomic mass is 10.3. The van der Waals surface area contributed by atoms with Gasteiger partial charge in [0, 0.05) is 13.2 Å². The predicted octanol–water partition coefficient (Wildman–Crippen LogP) is 3.19. The van der Waals surface area contributed by atoms with E-state index in [1.54, 1.807) is 7.11 Å². The van der Waals surface area contributed by atoms with Crippen molar-refractivity contribution in [3.63, 3.8) is 0 Å². The van der Waals surface area contributed by atoms with E-state index in [1.165, 1.54) is 5.52 Å². The Labute approximate surface area is 102 Å². The van der Waals surface area contributed by atoms with Crippen molar-refractivity contribution in [2.75, 3.05) is 7.11 Å². The Kier molecular flexibility index (Phi) is 4.33. The Balaban J connectivity index is 0.00000128. The lowest BCUT2D eigenvalue weighted by molar-refractivity contribution is 0.173. The first kappa shape index (κ1) is 13.0. The highest BCUT2D eigenvalue weighted by molar-refractivity contribution is 5.85. The van der Waals surface area contributed by atoms with Crippen molar-refractivity contribution in [3.05, 3.63) is 30.1 Å². The number of rotatable bonds is 3. The van der Waals surface area contributed by atoms with E-state index in [0.29, 0.717) is 12.6 Å². The average molecular weight is 241 g/mol. The smallest absolute Gasteiger partial charge is 0.136 e. The van der Waals surface area contributed by atoms with Crippen LogP contribution in [0, 0.1) is 0 Å². The summed E-state index contributed by atoms with van der Waals surface area (Å²) in [5.74, 6) is 0.994. The van der Waals surface area contributed by atoms with Crippen LogP contribution >= 0.6 is 12.4 Å². The summed E-state index contributed by atoms with van der Waals surface area (Å²) >= 11 is 0. The van der Waals surface area contributed by atoms with E-state index in [4.69, 9.17) is 4.74 Å². The fourth-order valence-corrected chi connectivity index (χ4v) is 1.90. The molecule has 0 atom stereocenters. The van der Waals surface area contributed by atoms with Gasteiger partial charge in [0.1, 0.15) is 12.4 Å². The monoisotopic (exact) mass is 240 g/mol. The van der Waals surface area contributed by atoms with E-state index < -0.39 is 0 Å². The summed E-state index contributed by atoms with van der Waals surface area (Å²) in [4.78, 5) is 4.56. The van der Waals surface area contributed by atoms with Crippen molar-refractivity contribution in [1.82, 2.24) is 9.55 Å². The Hall–Kier alpha value is -1.06. The van der Waals surface area contributed by atoms with Gasteiger partial charge in [-0.15, -0.1) is 12.4 Å². The first-order valence-corrected chi connectivity index (χ1v) is 5.19. The third kappa shape index (κ3) is 2.20. The number of nitrogens with zero attached hydrogens (tertiary/aromatic N) is 2. The summed E-state index contributed by atoms with van der Waals surface area (Å²) in [6, 6.07) is 8.59. The summed E-state index contributed by atoms with van der Waals surface area (Å²) in [6.07, 6.45) is 0. The van der Waals surface area contributed by atoms with Crippen LogP contribution in [0.3, 0.4) is 0 Å². The largest absolute Gasteiger partial charge is 0.377 e. The van der Waals surface area contributed by atoms with Gasteiger partial charge in [-0.05, 0) is 26.0 Å². The molecule has 0 fully saturated rings. The summed E-state index contributed by atoms with van der Waals surface area (Å²) in [5, 5.41) is 0.